The van der Waals surface area contributed by atoms with Gasteiger partial charge in [0.1, 0.15) is 0 Å². The van der Waals surface area contributed by atoms with Crippen LogP contribution in [0.2, 0.25) is 0 Å². The lowest BCUT2D eigenvalue weighted by Gasteiger charge is -2.31. The van der Waals surface area contributed by atoms with Gasteiger partial charge >= 0.3 is 5.97 Å². The molecule has 1 aliphatic rings. The van der Waals surface area contributed by atoms with E-state index in [9.17, 15) is 4.79 Å². The van der Waals surface area contributed by atoms with E-state index in [1.165, 1.54) is 5.56 Å². The van der Waals surface area contributed by atoms with Gasteiger partial charge in [-0.25, -0.2) is 0 Å². The van der Waals surface area contributed by atoms with Crippen molar-refractivity contribution in [2.75, 3.05) is 13.1 Å². The molecule has 1 aromatic carbocycles. The van der Waals surface area contributed by atoms with Crippen LogP contribution in [0.25, 0.3) is 0 Å². The van der Waals surface area contributed by atoms with Gasteiger partial charge in [0.15, 0.2) is 0 Å². The number of hydrogen-bond donors (Lipinski definition) is 2. The van der Waals surface area contributed by atoms with Gasteiger partial charge in [0.25, 0.3) is 0 Å². The molecule has 2 rings (SSSR count). The first-order valence-electron chi connectivity index (χ1n) is 5.75. The maximum atomic E-state index is 10.8. The van der Waals surface area contributed by atoms with Gasteiger partial charge in [0, 0.05) is 6.42 Å². The number of carboxylic acid groups (broad SMARTS) is 1. The molecule has 0 aromatic heterocycles. The van der Waals surface area contributed by atoms with Gasteiger partial charge in [-0.15, -0.1) is 0 Å². The molecule has 86 valence electrons. The topological polar surface area (TPSA) is 49.3 Å². The summed E-state index contributed by atoms with van der Waals surface area (Å²) in [6.45, 7) is 1.79. The number of hydrogen-bond acceptors (Lipinski definition) is 2. The monoisotopic (exact) mass is 219 g/mol. The number of benzene rings is 1. The van der Waals surface area contributed by atoms with Crippen molar-refractivity contribution in [2.24, 2.45) is 5.92 Å². The summed E-state index contributed by atoms with van der Waals surface area (Å²) < 4.78 is 0. The third kappa shape index (κ3) is 2.61. The largest absolute Gasteiger partial charge is 0.481 e. The van der Waals surface area contributed by atoms with Crippen LogP contribution in [0.15, 0.2) is 30.3 Å². The average Bonchev–Trinajstić information content (AvgIpc) is 2.30. The molecule has 3 heteroatoms. The Labute approximate surface area is 95.5 Å². The van der Waals surface area contributed by atoms with Crippen LogP contribution in [-0.2, 0) is 4.79 Å². The highest BCUT2D eigenvalue weighted by Gasteiger charge is 2.27. The minimum atomic E-state index is -0.699. The molecule has 1 fully saturated rings. The molecule has 0 unspecified atom stereocenters. The Kier molecular flexibility index (Phi) is 3.57. The summed E-state index contributed by atoms with van der Waals surface area (Å²) >= 11 is 0. The van der Waals surface area contributed by atoms with E-state index in [0.717, 1.165) is 19.5 Å². The molecule has 2 atom stereocenters. The predicted molar refractivity (Wildman–Crippen MR) is 62.4 cm³/mol. The molecular formula is C13H17NO2. The lowest BCUT2D eigenvalue weighted by molar-refractivity contribution is -0.138. The standard InChI is InChI=1S/C13H17NO2/c15-13(16)8-11-9-14-7-6-12(11)10-4-2-1-3-5-10/h1-5,11-12,14H,6-9H2,(H,15,16)/t11-,12-/m0/s1. The molecule has 2 N–H and O–H groups in total. The second-order valence-corrected chi connectivity index (χ2v) is 4.37. The third-order valence-corrected chi connectivity index (χ3v) is 3.27. The Bertz CT molecular complexity index is 350. The van der Waals surface area contributed by atoms with Gasteiger partial charge in [-0.3, -0.25) is 4.79 Å². The normalized spacial score (nSPS) is 25.2. The van der Waals surface area contributed by atoms with Crippen LogP contribution in [0.5, 0.6) is 0 Å². The molecular weight excluding hydrogens is 202 g/mol. The highest BCUT2D eigenvalue weighted by atomic mass is 16.4. The predicted octanol–water partition coefficient (Wildman–Crippen LogP) is 1.85. The first-order valence-corrected chi connectivity index (χ1v) is 5.75. The zero-order valence-corrected chi connectivity index (χ0v) is 9.23. The van der Waals surface area contributed by atoms with Gasteiger partial charge < -0.3 is 10.4 Å². The van der Waals surface area contributed by atoms with Gasteiger partial charge in [-0.1, -0.05) is 30.3 Å². The Morgan fingerprint density at radius 3 is 2.81 bits per heavy atom. The summed E-state index contributed by atoms with van der Waals surface area (Å²) in [5.74, 6) is -0.0955. The SMILES string of the molecule is O=C(O)C[C@H]1CNCC[C@H]1c1ccccc1. The highest BCUT2D eigenvalue weighted by Crippen LogP contribution is 2.32. The van der Waals surface area contributed by atoms with Crippen molar-refractivity contribution in [1.29, 1.82) is 0 Å². The number of carboxylic acids is 1. The van der Waals surface area contributed by atoms with Crippen LogP contribution in [0.4, 0.5) is 0 Å². The van der Waals surface area contributed by atoms with Gasteiger partial charge in [-0.05, 0) is 36.9 Å². The second-order valence-electron chi connectivity index (χ2n) is 4.37. The molecule has 0 amide bonds. The fourth-order valence-corrected chi connectivity index (χ4v) is 2.50. The van der Waals surface area contributed by atoms with E-state index in [2.05, 4.69) is 17.4 Å². The number of nitrogens with one attached hydrogen (secondary N) is 1. The first kappa shape index (κ1) is 11.1. The summed E-state index contributed by atoms with van der Waals surface area (Å²) in [4.78, 5) is 10.8. The molecule has 0 radical (unpaired) electrons. The van der Waals surface area contributed by atoms with Crippen molar-refractivity contribution < 1.29 is 9.90 Å². The smallest absolute Gasteiger partial charge is 0.303 e. The quantitative estimate of drug-likeness (QED) is 0.815. The van der Waals surface area contributed by atoms with Gasteiger partial charge in [-0.2, -0.15) is 0 Å². The summed E-state index contributed by atoms with van der Waals surface area (Å²) in [6.07, 6.45) is 1.29. The first-order chi connectivity index (χ1) is 7.77. The van der Waals surface area contributed by atoms with Crippen LogP contribution in [0.3, 0.4) is 0 Å². The molecule has 1 heterocycles. The van der Waals surface area contributed by atoms with E-state index in [-0.39, 0.29) is 12.3 Å². The molecule has 0 saturated carbocycles. The minimum Gasteiger partial charge on any atom is -0.481 e. The molecule has 0 bridgehead atoms. The lowest BCUT2D eigenvalue weighted by atomic mass is 9.79. The number of rotatable bonds is 3. The molecule has 3 nitrogen and oxygen atoms in total. The molecule has 1 saturated heterocycles. The summed E-state index contributed by atoms with van der Waals surface area (Å²) in [7, 11) is 0. The van der Waals surface area contributed by atoms with Crippen molar-refractivity contribution in [3.05, 3.63) is 35.9 Å². The van der Waals surface area contributed by atoms with E-state index >= 15 is 0 Å². The van der Waals surface area contributed by atoms with Crippen LogP contribution >= 0.6 is 0 Å². The Balaban J connectivity index is 2.13. The summed E-state index contributed by atoms with van der Waals surface area (Å²) in [5.41, 5.74) is 1.27. The Hall–Kier alpha value is -1.35. The molecule has 0 spiro atoms. The van der Waals surface area contributed by atoms with Crippen LogP contribution in [-0.4, -0.2) is 24.2 Å². The minimum absolute atomic E-state index is 0.216. The summed E-state index contributed by atoms with van der Waals surface area (Å²) in [5, 5.41) is 12.2. The third-order valence-electron chi connectivity index (χ3n) is 3.27. The Morgan fingerprint density at radius 2 is 2.12 bits per heavy atom. The molecule has 1 aromatic rings. The van der Waals surface area contributed by atoms with Crippen molar-refractivity contribution in [2.45, 2.75) is 18.8 Å². The van der Waals surface area contributed by atoms with Crippen molar-refractivity contribution in [3.63, 3.8) is 0 Å². The molecule has 16 heavy (non-hydrogen) atoms. The van der Waals surface area contributed by atoms with Crippen molar-refractivity contribution in [3.8, 4) is 0 Å². The lowest BCUT2D eigenvalue weighted by Crippen LogP contribution is -2.36. The fraction of sp³-hybridized carbons (Fsp3) is 0.462. The Morgan fingerprint density at radius 1 is 1.38 bits per heavy atom. The molecule has 1 aliphatic heterocycles. The maximum absolute atomic E-state index is 10.8. The van der Waals surface area contributed by atoms with E-state index in [4.69, 9.17) is 5.11 Å². The zero-order valence-electron chi connectivity index (χ0n) is 9.23. The van der Waals surface area contributed by atoms with Crippen LogP contribution < -0.4 is 5.32 Å². The van der Waals surface area contributed by atoms with E-state index in [0.29, 0.717) is 5.92 Å². The number of carbonyl (C=O) groups is 1. The van der Waals surface area contributed by atoms with E-state index in [1.807, 2.05) is 18.2 Å². The van der Waals surface area contributed by atoms with E-state index in [1.54, 1.807) is 0 Å². The van der Waals surface area contributed by atoms with Gasteiger partial charge in [0.2, 0.25) is 0 Å². The fourth-order valence-electron chi connectivity index (χ4n) is 2.50. The average molecular weight is 219 g/mol. The second kappa shape index (κ2) is 5.12. The maximum Gasteiger partial charge on any atom is 0.303 e. The van der Waals surface area contributed by atoms with Crippen LogP contribution in [0.1, 0.15) is 24.3 Å². The molecule has 0 aliphatic carbocycles. The van der Waals surface area contributed by atoms with Crippen molar-refractivity contribution in [1.82, 2.24) is 5.32 Å². The zero-order chi connectivity index (χ0) is 11.4. The highest BCUT2D eigenvalue weighted by molar-refractivity contribution is 5.67. The van der Waals surface area contributed by atoms with Gasteiger partial charge in [0.05, 0.1) is 0 Å². The van der Waals surface area contributed by atoms with E-state index < -0.39 is 5.97 Å². The number of aliphatic carboxylic acids is 1. The summed E-state index contributed by atoms with van der Waals surface area (Å²) in [6, 6.07) is 10.2. The van der Waals surface area contributed by atoms with Crippen molar-refractivity contribution >= 4 is 5.97 Å². The van der Waals surface area contributed by atoms with Crippen LogP contribution in [0, 0.1) is 5.92 Å². The number of piperidine rings is 1.